The maximum Gasteiger partial charge on any atom is 0.251 e. The van der Waals surface area contributed by atoms with Crippen molar-refractivity contribution >= 4 is 27.8 Å². The Labute approximate surface area is 168 Å². The highest BCUT2D eigenvalue weighted by molar-refractivity contribution is 9.10. The van der Waals surface area contributed by atoms with Crippen LogP contribution in [0.15, 0.2) is 58.0 Å². The Kier molecular flexibility index (Phi) is 8.64. The van der Waals surface area contributed by atoms with Crippen LogP contribution in [0.2, 0.25) is 0 Å². The summed E-state index contributed by atoms with van der Waals surface area (Å²) in [5.41, 5.74) is 1.68. The molecule has 0 saturated carbocycles. The lowest BCUT2D eigenvalue weighted by Crippen LogP contribution is -2.41. The molecule has 0 fully saturated rings. The van der Waals surface area contributed by atoms with E-state index in [9.17, 15) is 4.79 Å². The summed E-state index contributed by atoms with van der Waals surface area (Å²) >= 11 is 3.37. The largest absolute Gasteiger partial charge is 0.494 e. The van der Waals surface area contributed by atoms with Crippen molar-refractivity contribution in [2.45, 2.75) is 13.5 Å². The zero-order valence-corrected chi connectivity index (χ0v) is 17.2. The van der Waals surface area contributed by atoms with E-state index in [1.165, 1.54) is 0 Å². The maximum atomic E-state index is 12.1. The molecule has 0 aliphatic rings. The Balaban J connectivity index is 1.75. The van der Waals surface area contributed by atoms with Crippen molar-refractivity contribution in [1.29, 1.82) is 0 Å². The first kappa shape index (κ1) is 20.8. The van der Waals surface area contributed by atoms with Crippen molar-refractivity contribution < 1.29 is 9.53 Å². The fourth-order valence-electron chi connectivity index (χ4n) is 2.43. The first-order valence-electron chi connectivity index (χ1n) is 8.83. The maximum absolute atomic E-state index is 12.1. The molecular weight excluding hydrogens is 408 g/mol. The van der Waals surface area contributed by atoms with E-state index in [1.807, 2.05) is 43.3 Å². The molecule has 1 amide bonds. The number of hydrogen-bond acceptors (Lipinski definition) is 3. The number of aliphatic imine (C=N–C) groups is 1. The Bertz CT molecular complexity index is 780. The summed E-state index contributed by atoms with van der Waals surface area (Å²) in [6, 6.07) is 15.2. The number of benzene rings is 2. The number of guanidine groups is 1. The summed E-state index contributed by atoms with van der Waals surface area (Å²) in [5, 5.41) is 9.32. The molecular formula is C20H25BrN4O2. The van der Waals surface area contributed by atoms with Gasteiger partial charge in [-0.15, -0.1) is 0 Å². The molecule has 7 heteroatoms. The van der Waals surface area contributed by atoms with E-state index in [1.54, 1.807) is 19.2 Å². The van der Waals surface area contributed by atoms with Crippen molar-refractivity contribution in [3.8, 4) is 5.75 Å². The normalized spacial score (nSPS) is 11.0. The smallest absolute Gasteiger partial charge is 0.251 e. The fourth-order valence-corrected chi connectivity index (χ4v) is 2.83. The lowest BCUT2D eigenvalue weighted by molar-refractivity contribution is 0.0954. The molecule has 0 saturated heterocycles. The minimum Gasteiger partial charge on any atom is -0.494 e. The summed E-state index contributed by atoms with van der Waals surface area (Å²) in [7, 11) is 1.71. The number of para-hydroxylation sites is 1. The van der Waals surface area contributed by atoms with Gasteiger partial charge in [0.05, 0.1) is 6.61 Å². The topological polar surface area (TPSA) is 74.8 Å². The zero-order valence-electron chi connectivity index (χ0n) is 15.6. The fraction of sp³-hybridized carbons (Fsp3) is 0.300. The van der Waals surface area contributed by atoms with E-state index in [2.05, 4.69) is 36.9 Å². The average Bonchev–Trinajstić information content (AvgIpc) is 2.68. The van der Waals surface area contributed by atoms with Crippen LogP contribution in [0.1, 0.15) is 22.8 Å². The standard InChI is InChI=1S/C20H25BrN4O2/c1-3-27-18-10-5-4-7-16(18)14-25-20(22-2)24-12-11-23-19(26)15-8-6-9-17(21)13-15/h4-10,13H,3,11-12,14H2,1-2H3,(H,23,26)(H2,22,24,25). The molecule has 2 aromatic carbocycles. The summed E-state index contributed by atoms with van der Waals surface area (Å²) in [6.45, 7) is 4.24. The lowest BCUT2D eigenvalue weighted by atomic mass is 10.2. The van der Waals surface area contributed by atoms with Crippen LogP contribution in [-0.4, -0.2) is 38.6 Å². The first-order chi connectivity index (χ1) is 13.1. The Morgan fingerprint density at radius 1 is 1.07 bits per heavy atom. The van der Waals surface area contributed by atoms with Crippen molar-refractivity contribution in [3.05, 3.63) is 64.1 Å². The molecule has 3 N–H and O–H groups in total. The second-order valence-corrected chi connectivity index (χ2v) is 6.58. The van der Waals surface area contributed by atoms with Crippen LogP contribution >= 0.6 is 15.9 Å². The van der Waals surface area contributed by atoms with Gasteiger partial charge in [0.2, 0.25) is 0 Å². The molecule has 0 aliphatic carbocycles. The molecule has 2 aromatic rings. The van der Waals surface area contributed by atoms with Crippen molar-refractivity contribution in [2.24, 2.45) is 4.99 Å². The van der Waals surface area contributed by atoms with Gasteiger partial charge in [-0.1, -0.05) is 40.2 Å². The van der Waals surface area contributed by atoms with E-state index in [0.29, 0.717) is 37.8 Å². The van der Waals surface area contributed by atoms with Gasteiger partial charge in [0.15, 0.2) is 5.96 Å². The van der Waals surface area contributed by atoms with Gasteiger partial charge in [-0.25, -0.2) is 0 Å². The third kappa shape index (κ3) is 6.94. The van der Waals surface area contributed by atoms with Crippen LogP contribution in [0.4, 0.5) is 0 Å². The van der Waals surface area contributed by atoms with Gasteiger partial charge in [0.25, 0.3) is 5.91 Å². The van der Waals surface area contributed by atoms with Crippen molar-refractivity contribution in [3.63, 3.8) is 0 Å². The van der Waals surface area contributed by atoms with Crippen molar-refractivity contribution in [1.82, 2.24) is 16.0 Å². The third-order valence-corrected chi connectivity index (χ3v) is 4.23. The summed E-state index contributed by atoms with van der Waals surface area (Å²) in [6.07, 6.45) is 0. The monoisotopic (exact) mass is 432 g/mol. The molecule has 0 spiro atoms. The lowest BCUT2D eigenvalue weighted by Gasteiger charge is -2.14. The summed E-state index contributed by atoms with van der Waals surface area (Å²) < 4.78 is 6.51. The van der Waals surface area contributed by atoms with Crippen LogP contribution in [0.5, 0.6) is 5.75 Å². The number of nitrogens with zero attached hydrogens (tertiary/aromatic N) is 1. The Morgan fingerprint density at radius 3 is 2.59 bits per heavy atom. The quantitative estimate of drug-likeness (QED) is 0.340. The van der Waals surface area contributed by atoms with Gasteiger partial charge in [0, 0.05) is 42.3 Å². The van der Waals surface area contributed by atoms with E-state index < -0.39 is 0 Å². The number of rotatable bonds is 8. The van der Waals surface area contributed by atoms with Crippen molar-refractivity contribution in [2.75, 3.05) is 26.7 Å². The van der Waals surface area contributed by atoms with E-state index >= 15 is 0 Å². The number of carbonyl (C=O) groups excluding carboxylic acids is 1. The minimum absolute atomic E-state index is 0.105. The molecule has 6 nitrogen and oxygen atoms in total. The van der Waals surface area contributed by atoms with Crippen LogP contribution in [0, 0.1) is 0 Å². The molecule has 27 heavy (non-hydrogen) atoms. The van der Waals surface area contributed by atoms with Crippen LogP contribution < -0.4 is 20.7 Å². The summed E-state index contributed by atoms with van der Waals surface area (Å²) in [5.74, 6) is 1.42. The van der Waals surface area contributed by atoms with Gasteiger partial charge >= 0.3 is 0 Å². The number of ether oxygens (including phenoxy) is 1. The highest BCUT2D eigenvalue weighted by atomic mass is 79.9. The molecule has 0 heterocycles. The highest BCUT2D eigenvalue weighted by Gasteiger charge is 2.06. The molecule has 0 atom stereocenters. The third-order valence-electron chi connectivity index (χ3n) is 3.73. The molecule has 0 aromatic heterocycles. The number of amides is 1. The molecule has 0 unspecified atom stereocenters. The van der Waals surface area contributed by atoms with E-state index in [4.69, 9.17) is 4.74 Å². The summed E-state index contributed by atoms with van der Waals surface area (Å²) in [4.78, 5) is 16.3. The highest BCUT2D eigenvalue weighted by Crippen LogP contribution is 2.17. The van der Waals surface area contributed by atoms with Crippen LogP contribution in [-0.2, 0) is 6.54 Å². The number of hydrogen-bond donors (Lipinski definition) is 3. The first-order valence-corrected chi connectivity index (χ1v) is 9.62. The van der Waals surface area contributed by atoms with Gasteiger partial charge in [-0.3, -0.25) is 9.79 Å². The number of carbonyl (C=O) groups is 1. The van der Waals surface area contributed by atoms with E-state index in [0.717, 1.165) is 15.8 Å². The Hall–Kier alpha value is -2.54. The average molecular weight is 433 g/mol. The molecule has 144 valence electrons. The number of nitrogens with one attached hydrogen (secondary N) is 3. The van der Waals surface area contributed by atoms with Crippen LogP contribution in [0.25, 0.3) is 0 Å². The SMILES string of the molecule is CCOc1ccccc1CNC(=NC)NCCNC(=O)c1cccc(Br)c1. The predicted octanol–water partition coefficient (Wildman–Crippen LogP) is 2.94. The molecule has 0 aliphatic heterocycles. The van der Waals surface area contributed by atoms with Gasteiger partial charge in [-0.2, -0.15) is 0 Å². The Morgan fingerprint density at radius 2 is 1.85 bits per heavy atom. The van der Waals surface area contributed by atoms with Crippen LogP contribution in [0.3, 0.4) is 0 Å². The predicted molar refractivity (Wildman–Crippen MR) is 112 cm³/mol. The zero-order chi connectivity index (χ0) is 19.5. The van der Waals surface area contributed by atoms with Gasteiger partial charge in [-0.05, 0) is 31.2 Å². The van der Waals surface area contributed by atoms with Gasteiger partial charge < -0.3 is 20.7 Å². The molecule has 0 radical (unpaired) electrons. The second-order valence-electron chi connectivity index (χ2n) is 5.66. The number of halogens is 1. The molecule has 2 rings (SSSR count). The van der Waals surface area contributed by atoms with Gasteiger partial charge in [0.1, 0.15) is 5.75 Å². The molecule has 0 bridgehead atoms. The minimum atomic E-state index is -0.105. The van der Waals surface area contributed by atoms with E-state index in [-0.39, 0.29) is 5.91 Å². The second kappa shape index (κ2) is 11.2.